The minimum Gasteiger partial charge on any atom is -0.354 e. The zero-order valence-corrected chi connectivity index (χ0v) is 14.3. The minimum atomic E-state index is -3.61. The third-order valence-electron chi connectivity index (χ3n) is 3.79. The van der Waals surface area contributed by atoms with E-state index in [-0.39, 0.29) is 23.1 Å². The highest BCUT2D eigenvalue weighted by Gasteiger charge is 2.24. The number of nitrogens with zero attached hydrogens (tertiary/aromatic N) is 2. The third kappa shape index (κ3) is 3.70. The van der Waals surface area contributed by atoms with E-state index in [1.807, 2.05) is 0 Å². The monoisotopic (exact) mass is 339 g/mol. The Morgan fingerprint density at radius 2 is 1.96 bits per heavy atom. The molecule has 1 aliphatic rings. The van der Waals surface area contributed by atoms with Crippen molar-refractivity contribution in [2.24, 2.45) is 0 Å². The average molecular weight is 339 g/mol. The van der Waals surface area contributed by atoms with Crippen molar-refractivity contribution < 1.29 is 18.0 Å². The fraction of sp³-hybridized carbons (Fsp3) is 0.467. The van der Waals surface area contributed by atoms with Crippen LogP contribution in [-0.2, 0) is 14.8 Å². The fourth-order valence-electron chi connectivity index (χ4n) is 2.36. The molecule has 8 heteroatoms. The lowest BCUT2D eigenvalue weighted by molar-refractivity contribution is -0.120. The van der Waals surface area contributed by atoms with E-state index in [1.54, 1.807) is 24.0 Å². The summed E-state index contributed by atoms with van der Waals surface area (Å²) in [6.45, 7) is 2.83. The van der Waals surface area contributed by atoms with Gasteiger partial charge in [0, 0.05) is 45.7 Å². The number of aryl methyl sites for hydroxylation is 1. The number of amides is 2. The second-order valence-electron chi connectivity index (χ2n) is 5.66. The Kier molecular flexibility index (Phi) is 5.06. The molecule has 0 radical (unpaired) electrons. The molecule has 126 valence electrons. The van der Waals surface area contributed by atoms with E-state index in [1.165, 1.54) is 20.2 Å². The van der Waals surface area contributed by atoms with Gasteiger partial charge in [-0.15, -0.1) is 0 Å². The summed E-state index contributed by atoms with van der Waals surface area (Å²) in [6, 6.07) is 4.66. The summed E-state index contributed by atoms with van der Waals surface area (Å²) >= 11 is 0. The standard InChI is InChI=1S/C15H21N3O4S/c1-11-4-5-12(10-13(11)23(21,22)17(2)3)15(20)18-8-6-14(19)16-7-9-18/h4-5,10H,6-9H2,1-3H3,(H,16,19). The van der Waals surface area contributed by atoms with Gasteiger partial charge in [0.25, 0.3) is 5.91 Å². The summed E-state index contributed by atoms with van der Waals surface area (Å²) < 4.78 is 25.8. The number of rotatable bonds is 3. The van der Waals surface area contributed by atoms with Crippen LogP contribution in [0.25, 0.3) is 0 Å². The molecule has 0 aromatic heterocycles. The number of carbonyl (C=O) groups excluding carboxylic acids is 2. The lowest BCUT2D eigenvalue weighted by Gasteiger charge is -2.20. The van der Waals surface area contributed by atoms with Crippen molar-refractivity contribution in [3.05, 3.63) is 29.3 Å². The smallest absolute Gasteiger partial charge is 0.253 e. The van der Waals surface area contributed by atoms with E-state index < -0.39 is 10.0 Å². The van der Waals surface area contributed by atoms with Crippen molar-refractivity contribution in [1.29, 1.82) is 0 Å². The van der Waals surface area contributed by atoms with E-state index in [0.717, 1.165) is 4.31 Å². The van der Waals surface area contributed by atoms with Crippen LogP contribution >= 0.6 is 0 Å². The fourth-order valence-corrected chi connectivity index (χ4v) is 3.50. The van der Waals surface area contributed by atoms with Crippen LogP contribution in [0.1, 0.15) is 22.3 Å². The maximum absolute atomic E-state index is 12.6. The Bertz CT molecular complexity index is 728. The molecule has 1 saturated heterocycles. The normalized spacial score (nSPS) is 16.2. The summed E-state index contributed by atoms with van der Waals surface area (Å²) in [4.78, 5) is 25.6. The molecule has 1 heterocycles. The Labute approximate surface area is 136 Å². The molecule has 1 N–H and O–H groups in total. The first kappa shape index (κ1) is 17.4. The molecule has 0 saturated carbocycles. The first-order valence-electron chi connectivity index (χ1n) is 7.32. The summed E-state index contributed by atoms with van der Waals surface area (Å²) in [5, 5.41) is 2.71. The molecular formula is C15H21N3O4S. The summed E-state index contributed by atoms with van der Waals surface area (Å²) in [6.07, 6.45) is 0.250. The van der Waals surface area contributed by atoms with Gasteiger partial charge in [-0.3, -0.25) is 9.59 Å². The number of nitrogens with one attached hydrogen (secondary N) is 1. The van der Waals surface area contributed by atoms with Crippen LogP contribution in [0.15, 0.2) is 23.1 Å². The van der Waals surface area contributed by atoms with Crippen molar-refractivity contribution in [3.8, 4) is 0 Å². The molecule has 23 heavy (non-hydrogen) atoms. The van der Waals surface area contributed by atoms with Crippen molar-refractivity contribution in [2.45, 2.75) is 18.2 Å². The maximum Gasteiger partial charge on any atom is 0.253 e. The Balaban J connectivity index is 2.34. The number of sulfonamides is 1. The summed E-state index contributed by atoms with van der Waals surface area (Å²) in [5.41, 5.74) is 0.897. The van der Waals surface area contributed by atoms with Gasteiger partial charge in [-0.2, -0.15) is 0 Å². The van der Waals surface area contributed by atoms with Crippen molar-refractivity contribution in [1.82, 2.24) is 14.5 Å². The number of carbonyl (C=O) groups is 2. The first-order chi connectivity index (χ1) is 10.7. The highest BCUT2D eigenvalue weighted by Crippen LogP contribution is 2.21. The van der Waals surface area contributed by atoms with Crippen LogP contribution in [0, 0.1) is 6.92 Å². The Morgan fingerprint density at radius 1 is 1.26 bits per heavy atom. The molecule has 7 nitrogen and oxygen atoms in total. The first-order valence-corrected chi connectivity index (χ1v) is 8.76. The lowest BCUT2D eigenvalue weighted by Crippen LogP contribution is -2.34. The molecule has 0 unspecified atom stereocenters. The molecule has 1 aromatic rings. The van der Waals surface area contributed by atoms with Gasteiger partial charge in [-0.1, -0.05) is 6.07 Å². The van der Waals surface area contributed by atoms with E-state index >= 15 is 0 Å². The quantitative estimate of drug-likeness (QED) is 0.853. The van der Waals surface area contributed by atoms with Gasteiger partial charge in [0.1, 0.15) is 0 Å². The van der Waals surface area contributed by atoms with Crippen LogP contribution < -0.4 is 5.32 Å². The predicted molar refractivity (Wildman–Crippen MR) is 85.6 cm³/mol. The SMILES string of the molecule is Cc1ccc(C(=O)N2CCNC(=O)CC2)cc1S(=O)(=O)N(C)C. The van der Waals surface area contributed by atoms with Gasteiger partial charge < -0.3 is 10.2 Å². The van der Waals surface area contributed by atoms with Crippen LogP contribution in [0.3, 0.4) is 0 Å². The van der Waals surface area contributed by atoms with Gasteiger partial charge in [-0.25, -0.2) is 12.7 Å². The molecule has 2 amide bonds. The van der Waals surface area contributed by atoms with Crippen molar-refractivity contribution in [3.63, 3.8) is 0 Å². The zero-order chi connectivity index (χ0) is 17.2. The van der Waals surface area contributed by atoms with Crippen molar-refractivity contribution >= 4 is 21.8 Å². The van der Waals surface area contributed by atoms with Crippen LogP contribution in [0.4, 0.5) is 0 Å². The van der Waals surface area contributed by atoms with Gasteiger partial charge in [-0.05, 0) is 24.6 Å². The second-order valence-corrected chi connectivity index (χ2v) is 7.78. The highest BCUT2D eigenvalue weighted by molar-refractivity contribution is 7.89. The zero-order valence-electron chi connectivity index (χ0n) is 13.5. The molecule has 0 spiro atoms. The van der Waals surface area contributed by atoms with Crippen LogP contribution in [0.5, 0.6) is 0 Å². The number of hydrogen-bond donors (Lipinski definition) is 1. The van der Waals surface area contributed by atoms with Gasteiger partial charge in [0.2, 0.25) is 15.9 Å². The third-order valence-corrected chi connectivity index (χ3v) is 5.75. The van der Waals surface area contributed by atoms with Crippen LogP contribution in [-0.4, -0.2) is 63.2 Å². The molecule has 0 atom stereocenters. The Morgan fingerprint density at radius 3 is 2.61 bits per heavy atom. The summed E-state index contributed by atoms with van der Waals surface area (Å²) in [5.74, 6) is -0.350. The van der Waals surface area contributed by atoms with Crippen molar-refractivity contribution in [2.75, 3.05) is 33.7 Å². The lowest BCUT2D eigenvalue weighted by atomic mass is 10.1. The largest absolute Gasteiger partial charge is 0.354 e. The predicted octanol–water partition coefficient (Wildman–Crippen LogP) is 0.207. The summed E-state index contributed by atoms with van der Waals surface area (Å²) in [7, 11) is -0.707. The van der Waals surface area contributed by atoms with E-state index in [4.69, 9.17) is 0 Å². The minimum absolute atomic E-state index is 0.0833. The van der Waals surface area contributed by atoms with Crippen LogP contribution in [0.2, 0.25) is 0 Å². The number of hydrogen-bond acceptors (Lipinski definition) is 4. The molecule has 2 rings (SSSR count). The number of benzene rings is 1. The van der Waals surface area contributed by atoms with E-state index in [2.05, 4.69) is 5.32 Å². The maximum atomic E-state index is 12.6. The molecule has 0 bridgehead atoms. The molecule has 0 aliphatic carbocycles. The van der Waals surface area contributed by atoms with E-state index in [0.29, 0.717) is 30.8 Å². The molecular weight excluding hydrogens is 318 g/mol. The van der Waals surface area contributed by atoms with Gasteiger partial charge in [0.15, 0.2) is 0 Å². The van der Waals surface area contributed by atoms with Gasteiger partial charge >= 0.3 is 0 Å². The molecule has 1 aromatic carbocycles. The highest BCUT2D eigenvalue weighted by atomic mass is 32.2. The Hall–Kier alpha value is -1.93. The van der Waals surface area contributed by atoms with Gasteiger partial charge in [0.05, 0.1) is 4.90 Å². The topological polar surface area (TPSA) is 86.8 Å². The average Bonchev–Trinajstić information content (AvgIpc) is 2.71. The molecule has 1 aliphatic heterocycles. The van der Waals surface area contributed by atoms with E-state index in [9.17, 15) is 18.0 Å². The second kappa shape index (κ2) is 6.67. The molecule has 1 fully saturated rings.